The Morgan fingerprint density at radius 3 is 2.79 bits per heavy atom. The summed E-state index contributed by atoms with van der Waals surface area (Å²) in [6.45, 7) is 2.58. The molecule has 0 unspecified atom stereocenters. The molecule has 1 saturated heterocycles. The second-order valence-corrected chi connectivity index (χ2v) is 8.13. The molecule has 1 fully saturated rings. The number of carbonyl (C=O) groups excluding carboxylic acids is 1. The third-order valence-electron chi connectivity index (χ3n) is 4.17. The van der Waals surface area contributed by atoms with Crippen molar-refractivity contribution in [1.29, 1.82) is 0 Å². The van der Waals surface area contributed by atoms with Gasteiger partial charge in [0.25, 0.3) is 0 Å². The Morgan fingerprint density at radius 1 is 1.33 bits per heavy atom. The van der Waals surface area contributed by atoms with Gasteiger partial charge in [-0.15, -0.1) is 0 Å². The number of rotatable bonds is 8. The van der Waals surface area contributed by atoms with Gasteiger partial charge in [0.1, 0.15) is 5.82 Å². The van der Waals surface area contributed by atoms with E-state index < -0.39 is 10.0 Å². The molecule has 7 heteroatoms. The minimum atomic E-state index is -3.35. The smallest absolute Gasteiger partial charge is 0.222 e. The summed E-state index contributed by atoms with van der Waals surface area (Å²) in [6.07, 6.45) is 3.22. The van der Waals surface area contributed by atoms with Crippen molar-refractivity contribution in [3.63, 3.8) is 0 Å². The highest BCUT2D eigenvalue weighted by atomic mass is 32.2. The standard InChI is InChI=1S/C17H25FN2O3S/c1-2-10-24(22,23)19-13-16(20-9-4-3-8-17(20)21)12-14-6-5-7-15(18)11-14/h5-7,11,16,19H,2-4,8-10,12-13H2,1H3/t16-/m1/s1. The van der Waals surface area contributed by atoms with E-state index in [1.54, 1.807) is 24.0 Å². The van der Waals surface area contributed by atoms with Crippen molar-refractivity contribution in [1.82, 2.24) is 9.62 Å². The summed E-state index contributed by atoms with van der Waals surface area (Å²) in [5.74, 6) is -0.228. The average molecular weight is 356 g/mol. The first-order valence-electron chi connectivity index (χ1n) is 8.42. The Balaban J connectivity index is 2.13. The molecular weight excluding hydrogens is 331 g/mol. The van der Waals surface area contributed by atoms with Crippen LogP contribution in [0.15, 0.2) is 24.3 Å². The number of nitrogens with one attached hydrogen (secondary N) is 1. The number of amides is 1. The van der Waals surface area contributed by atoms with Crippen molar-refractivity contribution in [2.75, 3.05) is 18.8 Å². The van der Waals surface area contributed by atoms with Crippen LogP contribution < -0.4 is 4.72 Å². The van der Waals surface area contributed by atoms with E-state index in [-0.39, 0.29) is 30.1 Å². The molecule has 1 aliphatic heterocycles. The van der Waals surface area contributed by atoms with Crippen LogP contribution in [0.1, 0.15) is 38.2 Å². The number of piperidine rings is 1. The van der Waals surface area contributed by atoms with Gasteiger partial charge in [-0.2, -0.15) is 0 Å². The van der Waals surface area contributed by atoms with E-state index in [4.69, 9.17) is 0 Å². The average Bonchev–Trinajstić information content (AvgIpc) is 2.52. The minimum absolute atomic E-state index is 0.0392. The highest BCUT2D eigenvalue weighted by Gasteiger charge is 2.27. The van der Waals surface area contributed by atoms with Crippen LogP contribution in [0.25, 0.3) is 0 Å². The monoisotopic (exact) mass is 356 g/mol. The van der Waals surface area contributed by atoms with Gasteiger partial charge in [-0.1, -0.05) is 19.1 Å². The van der Waals surface area contributed by atoms with Gasteiger partial charge in [-0.25, -0.2) is 17.5 Å². The molecule has 0 aliphatic carbocycles. The summed E-state index contributed by atoms with van der Waals surface area (Å²) < 4.78 is 39.9. The molecule has 1 aliphatic rings. The Morgan fingerprint density at radius 2 is 2.12 bits per heavy atom. The zero-order valence-electron chi connectivity index (χ0n) is 14.0. The third kappa shape index (κ3) is 5.56. The second kappa shape index (κ2) is 8.58. The molecule has 134 valence electrons. The van der Waals surface area contributed by atoms with Gasteiger partial charge in [0, 0.05) is 25.6 Å². The molecule has 1 atom stereocenters. The summed E-state index contributed by atoms with van der Waals surface area (Å²) in [4.78, 5) is 14.0. The fourth-order valence-electron chi connectivity index (χ4n) is 3.01. The summed E-state index contributed by atoms with van der Waals surface area (Å²) in [7, 11) is -3.35. The Hall–Kier alpha value is -1.47. The van der Waals surface area contributed by atoms with E-state index in [1.165, 1.54) is 12.1 Å². The van der Waals surface area contributed by atoms with E-state index >= 15 is 0 Å². The molecule has 0 aromatic heterocycles. The van der Waals surface area contributed by atoms with Crippen LogP contribution in [0.4, 0.5) is 4.39 Å². The molecule has 1 heterocycles. The van der Waals surface area contributed by atoms with Crippen LogP contribution in [0.2, 0.25) is 0 Å². The summed E-state index contributed by atoms with van der Waals surface area (Å²) in [5.41, 5.74) is 0.757. The number of likely N-dealkylation sites (tertiary alicyclic amines) is 1. The maximum atomic E-state index is 13.4. The van der Waals surface area contributed by atoms with Gasteiger partial charge in [0.2, 0.25) is 15.9 Å². The normalized spacial score (nSPS) is 17.1. The first kappa shape index (κ1) is 18.9. The van der Waals surface area contributed by atoms with Crippen LogP contribution in [-0.2, 0) is 21.2 Å². The van der Waals surface area contributed by atoms with Crippen molar-refractivity contribution >= 4 is 15.9 Å². The molecule has 5 nitrogen and oxygen atoms in total. The lowest BCUT2D eigenvalue weighted by atomic mass is 10.0. The largest absolute Gasteiger partial charge is 0.338 e. The molecular formula is C17H25FN2O3S. The van der Waals surface area contributed by atoms with E-state index in [2.05, 4.69) is 4.72 Å². The number of hydrogen-bond donors (Lipinski definition) is 1. The molecule has 0 radical (unpaired) electrons. The molecule has 1 amide bonds. The summed E-state index contributed by atoms with van der Waals surface area (Å²) in [6, 6.07) is 5.92. The van der Waals surface area contributed by atoms with Crippen LogP contribution in [0, 0.1) is 5.82 Å². The number of sulfonamides is 1. The van der Waals surface area contributed by atoms with Crippen LogP contribution >= 0.6 is 0 Å². The molecule has 2 rings (SSSR count). The Labute approximate surface area is 143 Å². The first-order valence-corrected chi connectivity index (χ1v) is 10.1. The number of nitrogens with zero attached hydrogens (tertiary/aromatic N) is 1. The van der Waals surface area contributed by atoms with Crippen molar-refractivity contribution in [3.8, 4) is 0 Å². The lowest BCUT2D eigenvalue weighted by molar-refractivity contribution is -0.135. The van der Waals surface area contributed by atoms with Gasteiger partial charge in [-0.05, 0) is 43.4 Å². The molecule has 0 spiro atoms. The lowest BCUT2D eigenvalue weighted by Crippen LogP contribution is -2.50. The van der Waals surface area contributed by atoms with Gasteiger partial charge in [-0.3, -0.25) is 4.79 Å². The highest BCUT2D eigenvalue weighted by Crippen LogP contribution is 2.17. The first-order chi connectivity index (χ1) is 11.4. The molecule has 1 N–H and O–H groups in total. The minimum Gasteiger partial charge on any atom is -0.338 e. The second-order valence-electron chi connectivity index (χ2n) is 6.20. The quantitative estimate of drug-likeness (QED) is 0.775. The number of hydrogen-bond acceptors (Lipinski definition) is 3. The van der Waals surface area contributed by atoms with Gasteiger partial charge < -0.3 is 4.90 Å². The zero-order chi connectivity index (χ0) is 17.6. The summed E-state index contributed by atoms with van der Waals surface area (Å²) >= 11 is 0. The van der Waals surface area contributed by atoms with Gasteiger partial charge in [0.05, 0.1) is 5.75 Å². The Kier molecular flexibility index (Phi) is 6.74. The van der Waals surface area contributed by atoms with E-state index in [9.17, 15) is 17.6 Å². The topological polar surface area (TPSA) is 66.5 Å². The third-order valence-corrected chi connectivity index (χ3v) is 5.73. The molecule has 0 saturated carbocycles. The SMILES string of the molecule is CCCS(=O)(=O)NC[C@@H](Cc1cccc(F)c1)N1CCCCC1=O. The van der Waals surface area contributed by atoms with Crippen molar-refractivity contribution in [2.45, 2.75) is 45.1 Å². The zero-order valence-corrected chi connectivity index (χ0v) is 14.8. The van der Waals surface area contributed by atoms with Gasteiger partial charge >= 0.3 is 0 Å². The lowest BCUT2D eigenvalue weighted by Gasteiger charge is -2.35. The Bertz CT molecular complexity index is 664. The van der Waals surface area contributed by atoms with Gasteiger partial charge in [0.15, 0.2) is 0 Å². The maximum Gasteiger partial charge on any atom is 0.222 e. The van der Waals surface area contributed by atoms with Crippen LogP contribution in [0.3, 0.4) is 0 Å². The number of halogens is 1. The maximum absolute atomic E-state index is 13.4. The van der Waals surface area contributed by atoms with Crippen molar-refractivity contribution in [3.05, 3.63) is 35.6 Å². The van der Waals surface area contributed by atoms with Crippen molar-refractivity contribution in [2.24, 2.45) is 0 Å². The molecule has 24 heavy (non-hydrogen) atoms. The predicted molar refractivity (Wildman–Crippen MR) is 91.5 cm³/mol. The summed E-state index contributed by atoms with van der Waals surface area (Å²) in [5, 5.41) is 0. The van der Waals surface area contributed by atoms with E-state index in [1.807, 2.05) is 0 Å². The predicted octanol–water partition coefficient (Wildman–Crippen LogP) is 2.08. The van der Waals surface area contributed by atoms with E-state index in [0.717, 1.165) is 18.4 Å². The van der Waals surface area contributed by atoms with Crippen LogP contribution in [-0.4, -0.2) is 44.1 Å². The molecule has 1 aromatic carbocycles. The van der Waals surface area contributed by atoms with Crippen LogP contribution in [0.5, 0.6) is 0 Å². The molecule has 0 bridgehead atoms. The highest BCUT2D eigenvalue weighted by molar-refractivity contribution is 7.89. The molecule has 1 aromatic rings. The fraction of sp³-hybridized carbons (Fsp3) is 0.588. The fourth-order valence-corrected chi connectivity index (χ4v) is 4.13. The number of benzene rings is 1. The number of carbonyl (C=O) groups is 1. The van der Waals surface area contributed by atoms with E-state index in [0.29, 0.717) is 25.8 Å². The van der Waals surface area contributed by atoms with Crippen molar-refractivity contribution < 1.29 is 17.6 Å².